The molecule has 3 aliphatic rings. The van der Waals surface area contributed by atoms with Gasteiger partial charge in [0.1, 0.15) is 22.8 Å². The molecule has 2 fully saturated rings. The molecule has 1 aromatic carbocycles. The second kappa shape index (κ2) is 9.39. The van der Waals surface area contributed by atoms with E-state index < -0.39 is 11.6 Å². The molecule has 180 valence electrons. The standard InChI is InChI=1S/C15H9F2N3O.C11H16N2O/c16-8-1-2-9(10(17)5-8)14-15-11(3-4-18-14)19-12-6-21-7-13(12)20-15;1-2-6-14-11(3-1)9-7-12-13(8-9)10-4-5-10/h1-5H,6-7H2;7-8,10-11H,1-6H2. The molecule has 1 atom stereocenters. The molecule has 7 rings (SSSR count). The highest BCUT2D eigenvalue weighted by Crippen LogP contribution is 2.36. The largest absolute Gasteiger partial charge is 0.373 e. The SMILES string of the molecule is Fc1ccc(-c2nccc3nc4c(nc23)COC4)c(F)c1.c1nn(C2CC2)cc1C1CCCCO1. The minimum atomic E-state index is -0.673. The molecule has 1 unspecified atom stereocenters. The smallest absolute Gasteiger partial charge is 0.135 e. The van der Waals surface area contributed by atoms with Crippen molar-refractivity contribution in [2.24, 2.45) is 0 Å². The lowest BCUT2D eigenvalue weighted by atomic mass is 10.0. The van der Waals surface area contributed by atoms with Gasteiger partial charge in [0.15, 0.2) is 0 Å². The van der Waals surface area contributed by atoms with E-state index in [0.29, 0.717) is 42.1 Å². The number of benzene rings is 1. The molecule has 3 aromatic heterocycles. The number of hydrogen-bond acceptors (Lipinski definition) is 6. The third-order valence-electron chi connectivity index (χ3n) is 6.50. The molecule has 7 nitrogen and oxygen atoms in total. The average molecular weight is 478 g/mol. The maximum atomic E-state index is 14.0. The molecule has 2 aliphatic heterocycles. The molecule has 9 heteroatoms. The topological polar surface area (TPSA) is 75.0 Å². The normalized spacial score (nSPS) is 19.3. The third kappa shape index (κ3) is 4.66. The van der Waals surface area contributed by atoms with Crippen LogP contribution in [0.4, 0.5) is 8.78 Å². The first-order valence-electron chi connectivity index (χ1n) is 12.0. The number of nitrogens with zero attached hydrogens (tertiary/aromatic N) is 5. The lowest BCUT2D eigenvalue weighted by Gasteiger charge is -2.21. The van der Waals surface area contributed by atoms with Crippen molar-refractivity contribution in [3.8, 4) is 11.3 Å². The number of fused-ring (bicyclic) bond motifs is 2. The summed E-state index contributed by atoms with van der Waals surface area (Å²) in [6.45, 7) is 1.73. The van der Waals surface area contributed by atoms with E-state index in [4.69, 9.17) is 9.47 Å². The summed E-state index contributed by atoms with van der Waals surface area (Å²) in [6.07, 6.45) is 12.3. The molecular formula is C26H25F2N5O2. The Balaban J connectivity index is 0.000000141. The summed E-state index contributed by atoms with van der Waals surface area (Å²) in [7, 11) is 0. The Bertz CT molecular complexity index is 1370. The highest BCUT2D eigenvalue weighted by Gasteiger charge is 2.26. The van der Waals surface area contributed by atoms with Gasteiger partial charge in [-0.3, -0.25) is 9.67 Å². The Morgan fingerprint density at radius 3 is 2.60 bits per heavy atom. The fraction of sp³-hybridized carbons (Fsp3) is 0.385. The van der Waals surface area contributed by atoms with Gasteiger partial charge in [0, 0.05) is 36.2 Å². The van der Waals surface area contributed by atoms with Crippen molar-refractivity contribution in [2.75, 3.05) is 6.61 Å². The minimum absolute atomic E-state index is 0.204. The van der Waals surface area contributed by atoms with Crippen LogP contribution in [0.15, 0.2) is 42.9 Å². The van der Waals surface area contributed by atoms with E-state index in [0.717, 1.165) is 30.5 Å². The summed E-state index contributed by atoms with van der Waals surface area (Å²) in [5, 5.41) is 4.39. The van der Waals surface area contributed by atoms with Gasteiger partial charge in [-0.25, -0.2) is 18.7 Å². The summed E-state index contributed by atoms with van der Waals surface area (Å²) >= 11 is 0. The van der Waals surface area contributed by atoms with Gasteiger partial charge in [-0.15, -0.1) is 0 Å². The zero-order valence-electron chi connectivity index (χ0n) is 19.2. The van der Waals surface area contributed by atoms with E-state index >= 15 is 0 Å². The zero-order valence-corrected chi connectivity index (χ0v) is 19.2. The predicted molar refractivity (Wildman–Crippen MR) is 124 cm³/mol. The van der Waals surface area contributed by atoms with Crippen LogP contribution in [0.1, 0.15) is 61.2 Å². The number of rotatable bonds is 3. The minimum Gasteiger partial charge on any atom is -0.373 e. The molecule has 5 heterocycles. The van der Waals surface area contributed by atoms with Gasteiger partial charge in [-0.05, 0) is 50.3 Å². The van der Waals surface area contributed by atoms with Crippen LogP contribution in [-0.2, 0) is 22.7 Å². The van der Waals surface area contributed by atoms with E-state index in [1.54, 1.807) is 6.07 Å². The first-order chi connectivity index (χ1) is 17.2. The van der Waals surface area contributed by atoms with Gasteiger partial charge < -0.3 is 9.47 Å². The van der Waals surface area contributed by atoms with E-state index in [-0.39, 0.29) is 5.56 Å². The molecule has 4 aromatic rings. The van der Waals surface area contributed by atoms with E-state index in [2.05, 4.69) is 30.9 Å². The first kappa shape index (κ1) is 22.2. The quantitative estimate of drug-likeness (QED) is 0.390. The molecule has 0 bridgehead atoms. The highest BCUT2D eigenvalue weighted by atomic mass is 19.1. The second-order valence-electron chi connectivity index (χ2n) is 9.10. The summed E-state index contributed by atoms with van der Waals surface area (Å²) in [4.78, 5) is 13.1. The van der Waals surface area contributed by atoms with E-state index in [1.165, 1.54) is 49.6 Å². The Hall–Kier alpha value is -3.30. The average Bonchev–Trinajstić information content (AvgIpc) is 3.42. The lowest BCUT2D eigenvalue weighted by Crippen LogP contribution is -2.10. The number of ether oxygens (including phenoxy) is 2. The van der Waals surface area contributed by atoms with Crippen LogP contribution in [0, 0.1) is 11.6 Å². The fourth-order valence-corrected chi connectivity index (χ4v) is 4.47. The molecule has 0 spiro atoms. The van der Waals surface area contributed by atoms with Crippen molar-refractivity contribution in [1.82, 2.24) is 24.7 Å². The van der Waals surface area contributed by atoms with E-state index in [1.807, 2.05) is 6.20 Å². The molecule has 0 amide bonds. The molecule has 1 aliphatic carbocycles. The van der Waals surface area contributed by atoms with Crippen molar-refractivity contribution in [2.45, 2.75) is 57.5 Å². The molecule has 0 radical (unpaired) electrons. The number of pyridine rings is 1. The van der Waals surface area contributed by atoms with Crippen molar-refractivity contribution >= 4 is 11.0 Å². The summed E-state index contributed by atoms with van der Waals surface area (Å²) in [5.74, 6) is -1.30. The Morgan fingerprint density at radius 1 is 0.971 bits per heavy atom. The summed E-state index contributed by atoms with van der Waals surface area (Å²) < 4.78 is 40.2. The van der Waals surface area contributed by atoms with Crippen LogP contribution in [-0.4, -0.2) is 31.3 Å². The summed E-state index contributed by atoms with van der Waals surface area (Å²) in [6, 6.07) is 5.79. The second-order valence-corrected chi connectivity index (χ2v) is 9.10. The molecule has 1 saturated carbocycles. The number of hydrogen-bond donors (Lipinski definition) is 0. The van der Waals surface area contributed by atoms with Gasteiger partial charge in [0.05, 0.1) is 48.5 Å². The van der Waals surface area contributed by atoms with Gasteiger partial charge >= 0.3 is 0 Å². The predicted octanol–water partition coefficient (Wildman–Crippen LogP) is 5.46. The van der Waals surface area contributed by atoms with Crippen LogP contribution in [0.5, 0.6) is 0 Å². The molecule has 0 N–H and O–H groups in total. The lowest BCUT2D eigenvalue weighted by molar-refractivity contribution is 0.0149. The van der Waals surface area contributed by atoms with Crippen LogP contribution < -0.4 is 0 Å². The van der Waals surface area contributed by atoms with Gasteiger partial charge in [-0.2, -0.15) is 5.10 Å². The van der Waals surface area contributed by atoms with Gasteiger partial charge in [-0.1, -0.05) is 0 Å². The van der Waals surface area contributed by atoms with Crippen LogP contribution in [0.3, 0.4) is 0 Å². The monoisotopic (exact) mass is 477 g/mol. The zero-order chi connectivity index (χ0) is 23.8. The maximum Gasteiger partial charge on any atom is 0.135 e. The number of aromatic nitrogens is 5. The molecular weight excluding hydrogens is 452 g/mol. The van der Waals surface area contributed by atoms with Crippen LogP contribution in [0.25, 0.3) is 22.3 Å². The van der Waals surface area contributed by atoms with Crippen molar-refractivity contribution < 1.29 is 18.3 Å². The van der Waals surface area contributed by atoms with Crippen molar-refractivity contribution in [1.29, 1.82) is 0 Å². The van der Waals surface area contributed by atoms with Gasteiger partial charge in [0.25, 0.3) is 0 Å². The molecule has 35 heavy (non-hydrogen) atoms. The third-order valence-corrected chi connectivity index (χ3v) is 6.50. The van der Waals surface area contributed by atoms with E-state index in [9.17, 15) is 8.78 Å². The maximum absolute atomic E-state index is 14.0. The first-order valence-corrected chi connectivity index (χ1v) is 12.0. The van der Waals surface area contributed by atoms with Crippen molar-refractivity contribution in [3.63, 3.8) is 0 Å². The Kier molecular flexibility index (Phi) is 5.95. The molecule has 1 saturated heterocycles. The summed E-state index contributed by atoms with van der Waals surface area (Å²) in [5.41, 5.74) is 4.47. The van der Waals surface area contributed by atoms with Crippen molar-refractivity contribution in [3.05, 3.63) is 71.4 Å². The van der Waals surface area contributed by atoms with Crippen LogP contribution >= 0.6 is 0 Å². The highest BCUT2D eigenvalue weighted by molar-refractivity contribution is 5.89. The number of halogens is 2. The van der Waals surface area contributed by atoms with Gasteiger partial charge in [0.2, 0.25) is 0 Å². The Labute approximate surface area is 201 Å². The van der Waals surface area contributed by atoms with Crippen LogP contribution in [0.2, 0.25) is 0 Å². The Morgan fingerprint density at radius 2 is 1.83 bits per heavy atom. The fourth-order valence-electron chi connectivity index (χ4n) is 4.47.